The van der Waals surface area contributed by atoms with Crippen molar-refractivity contribution < 1.29 is 14.4 Å². The van der Waals surface area contributed by atoms with Crippen molar-refractivity contribution in [3.63, 3.8) is 0 Å². The van der Waals surface area contributed by atoms with Crippen LogP contribution in [0.2, 0.25) is 0 Å². The topological polar surface area (TPSA) is 75.3 Å². The van der Waals surface area contributed by atoms with Crippen molar-refractivity contribution in [1.82, 2.24) is 10.6 Å². The average molecular weight is 366 g/mol. The van der Waals surface area contributed by atoms with Crippen LogP contribution in [-0.4, -0.2) is 29.7 Å². The zero-order chi connectivity index (χ0) is 19.6. The number of carbonyl (C=O) groups excluding carboxylic acids is 3. The van der Waals surface area contributed by atoms with Gasteiger partial charge in [0.15, 0.2) is 5.78 Å². The van der Waals surface area contributed by atoms with Gasteiger partial charge in [-0.25, -0.2) is 0 Å². The van der Waals surface area contributed by atoms with E-state index in [0.29, 0.717) is 19.3 Å². The molecule has 0 bridgehead atoms. The molecular weight excluding hydrogens is 340 g/mol. The van der Waals surface area contributed by atoms with Gasteiger partial charge < -0.3 is 10.6 Å². The molecule has 0 aliphatic rings. The fraction of sp³-hybridized carbons (Fsp3) is 0.318. The Morgan fingerprint density at radius 3 is 1.70 bits per heavy atom. The van der Waals surface area contributed by atoms with E-state index in [2.05, 4.69) is 10.6 Å². The van der Waals surface area contributed by atoms with Gasteiger partial charge in [-0.05, 0) is 17.5 Å². The molecule has 2 aromatic rings. The Kier molecular flexibility index (Phi) is 7.74. The molecule has 0 heterocycles. The fourth-order valence-corrected chi connectivity index (χ4v) is 2.92. The minimum atomic E-state index is -0.729. The van der Waals surface area contributed by atoms with Crippen molar-refractivity contribution in [2.45, 2.75) is 45.2 Å². The first-order valence-electron chi connectivity index (χ1n) is 9.17. The second-order valence-corrected chi connectivity index (χ2v) is 6.51. The summed E-state index contributed by atoms with van der Waals surface area (Å²) in [6.45, 7) is 3.16. The lowest BCUT2D eigenvalue weighted by Gasteiger charge is -2.22. The molecule has 0 unspecified atom stereocenters. The summed E-state index contributed by atoms with van der Waals surface area (Å²) < 4.78 is 0. The maximum Gasteiger partial charge on any atom is 0.243 e. The molecule has 0 spiro atoms. The number of hydrogen-bond acceptors (Lipinski definition) is 3. The van der Waals surface area contributed by atoms with Gasteiger partial charge in [-0.3, -0.25) is 14.4 Å². The van der Waals surface area contributed by atoms with Gasteiger partial charge in [-0.1, -0.05) is 67.6 Å². The monoisotopic (exact) mass is 366 g/mol. The zero-order valence-electron chi connectivity index (χ0n) is 15.8. The lowest BCUT2D eigenvalue weighted by Crippen LogP contribution is -2.52. The van der Waals surface area contributed by atoms with E-state index in [-0.39, 0.29) is 17.6 Å². The summed E-state index contributed by atoms with van der Waals surface area (Å²) in [7, 11) is 0. The molecule has 142 valence electrons. The van der Waals surface area contributed by atoms with Crippen molar-refractivity contribution in [3.8, 4) is 0 Å². The van der Waals surface area contributed by atoms with Crippen LogP contribution < -0.4 is 10.6 Å². The van der Waals surface area contributed by atoms with Gasteiger partial charge in [0.1, 0.15) is 6.04 Å². The quantitative estimate of drug-likeness (QED) is 0.716. The minimum Gasteiger partial charge on any atom is -0.344 e. The van der Waals surface area contributed by atoms with Crippen molar-refractivity contribution in [1.29, 1.82) is 0 Å². The van der Waals surface area contributed by atoms with Crippen LogP contribution in [0, 0.1) is 0 Å². The van der Waals surface area contributed by atoms with E-state index in [9.17, 15) is 14.4 Å². The summed E-state index contributed by atoms with van der Waals surface area (Å²) in [5.41, 5.74) is 1.91. The molecule has 27 heavy (non-hydrogen) atoms. The first kappa shape index (κ1) is 20.4. The van der Waals surface area contributed by atoms with E-state index in [4.69, 9.17) is 0 Å². The number of carbonyl (C=O) groups is 3. The summed E-state index contributed by atoms with van der Waals surface area (Å²) in [6.07, 6.45) is 1.13. The van der Waals surface area contributed by atoms with E-state index >= 15 is 0 Å². The predicted octanol–water partition coefficient (Wildman–Crippen LogP) is 2.44. The molecule has 2 N–H and O–H groups in total. The number of benzene rings is 2. The molecular formula is C22H26N2O3. The van der Waals surface area contributed by atoms with E-state index in [1.807, 2.05) is 60.7 Å². The van der Waals surface area contributed by atoms with Crippen LogP contribution in [0.25, 0.3) is 0 Å². The van der Waals surface area contributed by atoms with Crippen LogP contribution in [0.3, 0.4) is 0 Å². The van der Waals surface area contributed by atoms with Gasteiger partial charge in [0, 0.05) is 19.8 Å². The highest BCUT2D eigenvalue weighted by atomic mass is 16.2. The van der Waals surface area contributed by atoms with E-state index in [1.54, 1.807) is 6.92 Å². The van der Waals surface area contributed by atoms with Crippen molar-refractivity contribution in [3.05, 3.63) is 71.8 Å². The summed E-state index contributed by atoms with van der Waals surface area (Å²) in [6, 6.07) is 17.7. The van der Waals surface area contributed by atoms with Crippen LogP contribution in [0.5, 0.6) is 0 Å². The fourth-order valence-electron chi connectivity index (χ4n) is 2.92. The van der Waals surface area contributed by atoms with Crippen LogP contribution in [0.1, 0.15) is 31.4 Å². The zero-order valence-corrected chi connectivity index (χ0v) is 15.8. The normalized spacial score (nSPS) is 12.7. The van der Waals surface area contributed by atoms with Gasteiger partial charge in [-0.2, -0.15) is 0 Å². The summed E-state index contributed by atoms with van der Waals surface area (Å²) >= 11 is 0. The molecule has 0 saturated carbocycles. The van der Waals surface area contributed by atoms with Gasteiger partial charge >= 0.3 is 0 Å². The molecule has 0 radical (unpaired) electrons. The molecule has 5 nitrogen and oxygen atoms in total. The Balaban J connectivity index is 2.13. The van der Waals surface area contributed by atoms with E-state index < -0.39 is 12.1 Å². The molecule has 0 saturated heterocycles. The summed E-state index contributed by atoms with van der Waals surface area (Å²) in [5.74, 6) is -0.669. The third kappa shape index (κ3) is 6.70. The first-order chi connectivity index (χ1) is 13.0. The second kappa shape index (κ2) is 10.3. The number of Topliss-reactive ketones (excluding diaryl/α,β-unsaturated/α-hetero) is 1. The molecule has 0 aliphatic heterocycles. The Bertz CT molecular complexity index is 760. The maximum atomic E-state index is 12.8. The first-order valence-corrected chi connectivity index (χ1v) is 9.17. The molecule has 5 heteroatoms. The Labute approximate surface area is 160 Å². The van der Waals surface area contributed by atoms with Crippen LogP contribution >= 0.6 is 0 Å². The van der Waals surface area contributed by atoms with Crippen molar-refractivity contribution in [2.24, 2.45) is 0 Å². The third-order valence-electron chi connectivity index (χ3n) is 4.31. The Morgan fingerprint density at radius 2 is 1.26 bits per heavy atom. The second-order valence-electron chi connectivity index (χ2n) is 6.51. The number of amides is 2. The minimum absolute atomic E-state index is 0.0338. The van der Waals surface area contributed by atoms with E-state index in [1.165, 1.54) is 6.92 Å². The molecule has 2 rings (SSSR count). The van der Waals surface area contributed by atoms with Crippen molar-refractivity contribution in [2.75, 3.05) is 0 Å². The molecule has 0 aliphatic carbocycles. The number of hydrogen-bond donors (Lipinski definition) is 2. The van der Waals surface area contributed by atoms with Crippen molar-refractivity contribution >= 4 is 17.6 Å². The third-order valence-corrected chi connectivity index (χ3v) is 4.31. The molecule has 2 aromatic carbocycles. The Morgan fingerprint density at radius 1 is 0.778 bits per heavy atom. The Hall–Kier alpha value is -2.95. The molecule has 0 fully saturated rings. The van der Waals surface area contributed by atoms with Gasteiger partial charge in [-0.15, -0.1) is 0 Å². The van der Waals surface area contributed by atoms with Crippen LogP contribution in [-0.2, 0) is 27.2 Å². The lowest BCUT2D eigenvalue weighted by atomic mass is 9.99. The largest absolute Gasteiger partial charge is 0.344 e. The van der Waals surface area contributed by atoms with E-state index in [0.717, 1.165) is 11.1 Å². The van der Waals surface area contributed by atoms with Gasteiger partial charge in [0.2, 0.25) is 11.8 Å². The highest BCUT2D eigenvalue weighted by Gasteiger charge is 2.25. The van der Waals surface area contributed by atoms with Gasteiger partial charge in [0.05, 0.1) is 6.04 Å². The highest BCUT2D eigenvalue weighted by Crippen LogP contribution is 2.08. The van der Waals surface area contributed by atoms with Crippen LogP contribution in [0.15, 0.2) is 60.7 Å². The molecule has 2 amide bonds. The average Bonchev–Trinajstić information content (AvgIpc) is 2.67. The van der Waals surface area contributed by atoms with Gasteiger partial charge in [0.25, 0.3) is 0 Å². The summed E-state index contributed by atoms with van der Waals surface area (Å²) in [5, 5.41) is 5.53. The number of rotatable bonds is 9. The number of nitrogens with one attached hydrogen (secondary N) is 2. The SMILES string of the molecule is CCC(=O)[C@H](Cc1ccccc1)NC(=O)[C@H](Cc1ccccc1)NC(C)=O. The standard InChI is InChI=1S/C22H26N2O3/c1-3-21(26)19(14-17-10-6-4-7-11-17)24-22(27)20(23-16(2)25)15-18-12-8-5-9-13-18/h4-13,19-20H,3,14-15H2,1-2H3,(H,23,25)(H,24,27)/t19-,20-/m0/s1. The molecule has 2 atom stereocenters. The maximum absolute atomic E-state index is 12.8. The highest BCUT2D eigenvalue weighted by molar-refractivity contribution is 5.92. The number of ketones is 1. The summed E-state index contributed by atoms with van der Waals surface area (Å²) in [4.78, 5) is 36.7. The lowest BCUT2D eigenvalue weighted by molar-refractivity contribution is -0.131. The van der Waals surface area contributed by atoms with Crippen LogP contribution in [0.4, 0.5) is 0 Å². The molecule has 0 aromatic heterocycles. The predicted molar refractivity (Wildman–Crippen MR) is 105 cm³/mol. The smallest absolute Gasteiger partial charge is 0.243 e.